The highest BCUT2D eigenvalue weighted by Gasteiger charge is 2.26. The van der Waals surface area contributed by atoms with Gasteiger partial charge in [-0.05, 0) is 17.5 Å². The standard InChI is InChI=1S/C21H26O2/c1-3-5-12-17-23-21(19-15-10-7-11-16-19)20(22-4-2)18-13-8-6-9-14-18/h4,6-11,13-16,20-21H,2-3,5,12,17H2,1H3/t20-,21+/m0/s1. The molecule has 0 radical (unpaired) electrons. The summed E-state index contributed by atoms with van der Waals surface area (Å²) in [5.41, 5.74) is 2.22. The average Bonchev–Trinajstić information content (AvgIpc) is 2.62. The fraction of sp³-hybridized carbons (Fsp3) is 0.333. The monoisotopic (exact) mass is 310 g/mol. The highest BCUT2D eigenvalue weighted by molar-refractivity contribution is 5.25. The minimum Gasteiger partial charge on any atom is -0.491 e. The number of hydrogen-bond donors (Lipinski definition) is 0. The second-order valence-corrected chi connectivity index (χ2v) is 5.54. The zero-order valence-electron chi connectivity index (χ0n) is 13.9. The number of ether oxygens (including phenoxy) is 2. The minimum absolute atomic E-state index is 0.145. The van der Waals surface area contributed by atoms with Crippen molar-refractivity contribution in [3.05, 3.63) is 84.6 Å². The molecule has 0 saturated heterocycles. The summed E-state index contributed by atoms with van der Waals surface area (Å²) in [7, 11) is 0. The van der Waals surface area contributed by atoms with Crippen molar-refractivity contribution < 1.29 is 9.47 Å². The minimum atomic E-state index is -0.197. The fourth-order valence-corrected chi connectivity index (χ4v) is 2.63. The van der Waals surface area contributed by atoms with Crippen LogP contribution in [0.1, 0.15) is 49.5 Å². The third-order valence-electron chi connectivity index (χ3n) is 3.82. The van der Waals surface area contributed by atoms with Crippen LogP contribution in [0.25, 0.3) is 0 Å². The normalized spacial score (nSPS) is 13.3. The van der Waals surface area contributed by atoms with Crippen molar-refractivity contribution in [3.63, 3.8) is 0 Å². The maximum Gasteiger partial charge on any atom is 0.153 e. The lowest BCUT2D eigenvalue weighted by molar-refractivity contribution is -0.0481. The van der Waals surface area contributed by atoms with Crippen molar-refractivity contribution in [2.45, 2.75) is 38.4 Å². The summed E-state index contributed by atoms with van der Waals surface area (Å²) in [6.07, 6.45) is 4.59. The summed E-state index contributed by atoms with van der Waals surface area (Å²) in [5, 5.41) is 0. The molecule has 2 aromatic carbocycles. The van der Waals surface area contributed by atoms with Crippen molar-refractivity contribution in [2.75, 3.05) is 6.61 Å². The Labute approximate surface area is 139 Å². The van der Waals surface area contributed by atoms with Crippen molar-refractivity contribution in [1.82, 2.24) is 0 Å². The van der Waals surface area contributed by atoms with Gasteiger partial charge >= 0.3 is 0 Å². The lowest BCUT2D eigenvalue weighted by Crippen LogP contribution is -2.17. The van der Waals surface area contributed by atoms with Gasteiger partial charge in [-0.25, -0.2) is 0 Å². The van der Waals surface area contributed by atoms with Gasteiger partial charge in [-0.3, -0.25) is 0 Å². The molecule has 122 valence electrons. The van der Waals surface area contributed by atoms with Gasteiger partial charge in [-0.1, -0.05) is 87.0 Å². The third-order valence-corrected chi connectivity index (χ3v) is 3.82. The molecule has 0 fully saturated rings. The molecule has 2 rings (SSSR count). The molecule has 23 heavy (non-hydrogen) atoms. The number of benzene rings is 2. The van der Waals surface area contributed by atoms with E-state index in [0.29, 0.717) is 0 Å². The van der Waals surface area contributed by atoms with Crippen molar-refractivity contribution in [1.29, 1.82) is 0 Å². The van der Waals surface area contributed by atoms with Gasteiger partial charge < -0.3 is 9.47 Å². The third kappa shape index (κ3) is 5.26. The molecule has 0 saturated carbocycles. The molecule has 2 nitrogen and oxygen atoms in total. The Hall–Kier alpha value is -2.06. The maximum absolute atomic E-state index is 6.23. The molecular formula is C21H26O2. The van der Waals surface area contributed by atoms with E-state index in [-0.39, 0.29) is 12.2 Å². The smallest absolute Gasteiger partial charge is 0.153 e. The lowest BCUT2D eigenvalue weighted by Gasteiger charge is -2.27. The molecule has 0 unspecified atom stereocenters. The van der Waals surface area contributed by atoms with E-state index in [1.165, 1.54) is 19.1 Å². The van der Waals surface area contributed by atoms with Gasteiger partial charge in [0, 0.05) is 6.61 Å². The summed E-state index contributed by atoms with van der Waals surface area (Å²) in [6.45, 7) is 6.66. The Bertz CT molecular complexity index is 551. The van der Waals surface area contributed by atoms with Crippen molar-refractivity contribution in [2.24, 2.45) is 0 Å². The predicted molar refractivity (Wildman–Crippen MR) is 95.1 cm³/mol. The van der Waals surface area contributed by atoms with Gasteiger partial charge in [0.25, 0.3) is 0 Å². The molecule has 2 atom stereocenters. The number of rotatable bonds is 10. The van der Waals surface area contributed by atoms with E-state index in [1.807, 2.05) is 36.4 Å². The summed E-state index contributed by atoms with van der Waals surface area (Å²) in [4.78, 5) is 0. The second kappa shape index (κ2) is 9.86. The molecule has 0 amide bonds. The van der Waals surface area contributed by atoms with E-state index >= 15 is 0 Å². The molecule has 2 heteroatoms. The van der Waals surface area contributed by atoms with Gasteiger partial charge in [-0.2, -0.15) is 0 Å². The molecule has 0 aliphatic rings. The van der Waals surface area contributed by atoms with E-state index in [4.69, 9.17) is 9.47 Å². The number of unbranched alkanes of at least 4 members (excludes halogenated alkanes) is 2. The molecule has 0 N–H and O–H groups in total. The highest BCUT2D eigenvalue weighted by Crippen LogP contribution is 2.35. The van der Waals surface area contributed by atoms with Crippen molar-refractivity contribution >= 4 is 0 Å². The van der Waals surface area contributed by atoms with Gasteiger partial charge in [0.15, 0.2) is 6.10 Å². The second-order valence-electron chi connectivity index (χ2n) is 5.54. The Balaban J connectivity index is 2.23. The molecule has 0 aliphatic carbocycles. The SMILES string of the molecule is C=CO[C@@H](c1ccccc1)[C@H](OCCCCC)c1ccccc1. The van der Waals surface area contributed by atoms with Gasteiger partial charge in [0.1, 0.15) is 6.10 Å². The van der Waals surface area contributed by atoms with Crippen LogP contribution in [0, 0.1) is 0 Å². The van der Waals surface area contributed by atoms with E-state index in [9.17, 15) is 0 Å². The Kier molecular flexibility index (Phi) is 7.41. The van der Waals surface area contributed by atoms with Gasteiger partial charge in [0.2, 0.25) is 0 Å². The molecule has 0 heterocycles. The first-order valence-electron chi connectivity index (χ1n) is 8.34. The summed E-state index contributed by atoms with van der Waals surface area (Å²) in [6, 6.07) is 20.5. The van der Waals surface area contributed by atoms with Crippen LogP contribution in [-0.4, -0.2) is 6.61 Å². The Morgan fingerprint density at radius 1 is 0.870 bits per heavy atom. The summed E-state index contributed by atoms with van der Waals surface area (Å²) < 4.78 is 12.1. The molecule has 0 bridgehead atoms. The van der Waals surface area contributed by atoms with Crippen molar-refractivity contribution in [3.8, 4) is 0 Å². The van der Waals surface area contributed by atoms with Crippen LogP contribution in [0.15, 0.2) is 73.5 Å². The molecule has 0 spiro atoms. The molecule has 0 aliphatic heterocycles. The van der Waals surface area contributed by atoms with E-state index in [2.05, 4.69) is 37.8 Å². The highest BCUT2D eigenvalue weighted by atomic mass is 16.5. The quantitative estimate of drug-likeness (QED) is 0.405. The van der Waals surface area contributed by atoms with Crippen LogP contribution in [0.3, 0.4) is 0 Å². The largest absolute Gasteiger partial charge is 0.491 e. The van der Waals surface area contributed by atoms with Crippen LogP contribution in [0.4, 0.5) is 0 Å². The first kappa shape index (κ1) is 17.3. The van der Waals surface area contributed by atoms with E-state index in [1.54, 1.807) is 0 Å². The van der Waals surface area contributed by atoms with Crippen LogP contribution >= 0.6 is 0 Å². The lowest BCUT2D eigenvalue weighted by atomic mass is 9.98. The molecule has 0 aromatic heterocycles. The summed E-state index contributed by atoms with van der Waals surface area (Å²) >= 11 is 0. The maximum atomic E-state index is 6.23. The van der Waals surface area contributed by atoms with Crippen LogP contribution in [-0.2, 0) is 9.47 Å². The summed E-state index contributed by atoms with van der Waals surface area (Å²) in [5.74, 6) is 0. The Morgan fingerprint density at radius 3 is 1.96 bits per heavy atom. The van der Waals surface area contributed by atoms with Crippen LogP contribution < -0.4 is 0 Å². The Morgan fingerprint density at radius 2 is 1.43 bits per heavy atom. The number of hydrogen-bond acceptors (Lipinski definition) is 2. The van der Waals surface area contributed by atoms with Gasteiger partial charge in [0.05, 0.1) is 6.26 Å². The zero-order valence-corrected chi connectivity index (χ0v) is 13.9. The topological polar surface area (TPSA) is 18.5 Å². The molecule has 2 aromatic rings. The van der Waals surface area contributed by atoms with Crippen LogP contribution in [0.5, 0.6) is 0 Å². The van der Waals surface area contributed by atoms with E-state index < -0.39 is 0 Å². The van der Waals surface area contributed by atoms with E-state index in [0.717, 1.165) is 24.2 Å². The average molecular weight is 310 g/mol. The molecular weight excluding hydrogens is 284 g/mol. The van der Waals surface area contributed by atoms with Crippen LogP contribution in [0.2, 0.25) is 0 Å². The predicted octanol–water partition coefficient (Wildman–Crippen LogP) is 5.84. The first-order chi connectivity index (χ1) is 11.4. The first-order valence-corrected chi connectivity index (χ1v) is 8.34. The zero-order chi connectivity index (χ0) is 16.3. The van der Waals surface area contributed by atoms with Gasteiger partial charge in [-0.15, -0.1) is 0 Å². The fourth-order valence-electron chi connectivity index (χ4n) is 2.63.